The molecule has 0 radical (unpaired) electrons. The van der Waals surface area contributed by atoms with Gasteiger partial charge in [0, 0.05) is 37.3 Å². The molecule has 1 fully saturated rings. The van der Waals surface area contributed by atoms with Crippen molar-refractivity contribution in [1.29, 1.82) is 5.26 Å². The fourth-order valence-corrected chi connectivity index (χ4v) is 4.78. The predicted molar refractivity (Wildman–Crippen MR) is 155 cm³/mol. The van der Waals surface area contributed by atoms with Crippen molar-refractivity contribution < 1.29 is 33.4 Å². The highest BCUT2D eigenvalue weighted by Gasteiger charge is 2.24. The minimum atomic E-state index is -1.15. The molecule has 0 aliphatic carbocycles. The van der Waals surface area contributed by atoms with Gasteiger partial charge in [-0.15, -0.1) is 0 Å². The van der Waals surface area contributed by atoms with Crippen LogP contribution in [0.4, 0.5) is 20.6 Å². The largest absolute Gasteiger partial charge is 0.481 e. The van der Waals surface area contributed by atoms with Crippen LogP contribution in [0.2, 0.25) is 0 Å². The third kappa shape index (κ3) is 7.85. The van der Waals surface area contributed by atoms with Crippen LogP contribution >= 0.6 is 0 Å². The van der Waals surface area contributed by atoms with Gasteiger partial charge in [0.05, 0.1) is 42.6 Å². The van der Waals surface area contributed by atoms with E-state index in [-0.39, 0.29) is 5.56 Å². The van der Waals surface area contributed by atoms with Gasteiger partial charge in [-0.2, -0.15) is 5.26 Å². The van der Waals surface area contributed by atoms with Crippen LogP contribution in [0, 0.1) is 17.1 Å². The number of hydrogen-bond donors (Lipinski definition) is 3. The highest BCUT2D eigenvalue weighted by Crippen LogP contribution is 2.30. The Morgan fingerprint density at radius 3 is 2.30 bits per heavy atom. The normalized spacial score (nSPS) is 13.7. The van der Waals surface area contributed by atoms with Crippen LogP contribution in [-0.2, 0) is 9.53 Å². The SMILES string of the molecule is COC(=O)N1CCCN(c2ccc(C(=O)NC(CC(=O)O)c3ccc(F)cc3)cc2NC(=O)c2ccc(C#N)cc2)CC1. The van der Waals surface area contributed by atoms with Crippen LogP contribution < -0.4 is 15.5 Å². The lowest BCUT2D eigenvalue weighted by atomic mass is 10.0. The molecule has 0 spiro atoms. The van der Waals surface area contributed by atoms with Gasteiger partial charge in [-0.05, 0) is 66.6 Å². The van der Waals surface area contributed by atoms with E-state index in [1.54, 1.807) is 17.0 Å². The minimum Gasteiger partial charge on any atom is -0.481 e. The van der Waals surface area contributed by atoms with E-state index in [0.29, 0.717) is 60.7 Å². The number of nitriles is 1. The third-order valence-corrected chi connectivity index (χ3v) is 7.01. The van der Waals surface area contributed by atoms with E-state index in [4.69, 9.17) is 10.00 Å². The number of rotatable bonds is 8. The molecule has 4 rings (SSSR count). The van der Waals surface area contributed by atoms with Crippen LogP contribution in [0.25, 0.3) is 0 Å². The van der Waals surface area contributed by atoms with Crippen LogP contribution in [-0.4, -0.2) is 67.2 Å². The quantitative estimate of drug-likeness (QED) is 0.355. The van der Waals surface area contributed by atoms with Crippen molar-refractivity contribution in [3.8, 4) is 6.07 Å². The maximum absolute atomic E-state index is 13.5. The van der Waals surface area contributed by atoms with Gasteiger partial charge in [-0.25, -0.2) is 9.18 Å². The van der Waals surface area contributed by atoms with Gasteiger partial charge in [0.25, 0.3) is 11.8 Å². The molecule has 3 aromatic carbocycles. The van der Waals surface area contributed by atoms with Crippen molar-refractivity contribution in [3.05, 3.63) is 94.8 Å². The summed E-state index contributed by atoms with van der Waals surface area (Å²) in [5.74, 6) is -2.71. The Bertz CT molecular complexity index is 1540. The van der Waals surface area contributed by atoms with Crippen LogP contribution in [0.3, 0.4) is 0 Å². The van der Waals surface area contributed by atoms with Crippen molar-refractivity contribution >= 4 is 35.3 Å². The first-order chi connectivity index (χ1) is 20.7. The molecule has 3 aromatic rings. The number of carboxylic acids is 1. The fraction of sp³-hybridized carbons (Fsp3) is 0.258. The van der Waals surface area contributed by atoms with Crippen LogP contribution in [0.15, 0.2) is 66.7 Å². The van der Waals surface area contributed by atoms with E-state index in [2.05, 4.69) is 10.6 Å². The van der Waals surface area contributed by atoms with E-state index in [1.165, 1.54) is 61.7 Å². The number of carbonyl (C=O) groups is 4. The number of carboxylic acid groups (broad SMARTS) is 1. The lowest BCUT2D eigenvalue weighted by Gasteiger charge is -2.26. The number of anilines is 2. The summed E-state index contributed by atoms with van der Waals surface area (Å²) in [6.45, 7) is 1.87. The summed E-state index contributed by atoms with van der Waals surface area (Å²) in [4.78, 5) is 53.8. The first-order valence-electron chi connectivity index (χ1n) is 13.5. The Balaban J connectivity index is 1.64. The minimum absolute atomic E-state index is 0.155. The standard InChI is InChI=1S/C31H30FN5O6/c1-43-31(42)37-14-2-13-36(15-16-37)27-12-9-23(17-26(27)35-29(40)22-5-3-20(19-33)4-6-22)30(41)34-25(18-28(38)39)21-7-10-24(32)11-8-21/h3-12,17,25H,2,13-16,18H2,1H3,(H,34,41)(H,35,40)(H,38,39). The number of ether oxygens (including phenoxy) is 1. The summed E-state index contributed by atoms with van der Waals surface area (Å²) < 4.78 is 18.3. The molecule has 43 heavy (non-hydrogen) atoms. The molecular weight excluding hydrogens is 557 g/mol. The molecular formula is C31H30FN5O6. The van der Waals surface area contributed by atoms with Gasteiger partial charge in [-0.3, -0.25) is 14.4 Å². The van der Waals surface area contributed by atoms with Gasteiger partial charge >= 0.3 is 12.1 Å². The molecule has 11 nitrogen and oxygen atoms in total. The molecule has 0 saturated carbocycles. The number of nitrogens with one attached hydrogen (secondary N) is 2. The number of benzene rings is 3. The Labute approximate surface area is 247 Å². The molecule has 0 bridgehead atoms. The summed E-state index contributed by atoms with van der Waals surface area (Å²) in [7, 11) is 1.32. The highest BCUT2D eigenvalue weighted by molar-refractivity contribution is 6.07. The van der Waals surface area contributed by atoms with Crippen molar-refractivity contribution in [2.75, 3.05) is 43.5 Å². The Kier molecular flexibility index (Phi) is 9.90. The van der Waals surface area contributed by atoms with Gasteiger partial charge < -0.3 is 30.3 Å². The molecule has 3 N–H and O–H groups in total. The molecule has 0 aromatic heterocycles. The summed E-state index contributed by atoms with van der Waals surface area (Å²) in [6.07, 6.45) is -0.225. The lowest BCUT2D eigenvalue weighted by Crippen LogP contribution is -2.35. The molecule has 1 heterocycles. The van der Waals surface area contributed by atoms with E-state index in [0.717, 1.165) is 0 Å². The fourth-order valence-electron chi connectivity index (χ4n) is 4.78. The van der Waals surface area contributed by atoms with Gasteiger partial charge in [0.2, 0.25) is 0 Å². The average molecular weight is 588 g/mol. The summed E-state index contributed by atoms with van der Waals surface area (Å²) in [5, 5.41) is 24.1. The molecule has 1 atom stereocenters. The van der Waals surface area contributed by atoms with E-state index < -0.39 is 42.2 Å². The van der Waals surface area contributed by atoms with E-state index in [9.17, 15) is 28.7 Å². The lowest BCUT2D eigenvalue weighted by molar-refractivity contribution is -0.137. The van der Waals surface area contributed by atoms with E-state index >= 15 is 0 Å². The molecule has 12 heteroatoms. The Morgan fingerprint density at radius 2 is 1.65 bits per heavy atom. The van der Waals surface area contributed by atoms with Gasteiger partial charge in [0.15, 0.2) is 0 Å². The topological polar surface area (TPSA) is 152 Å². The molecule has 1 unspecified atom stereocenters. The Morgan fingerprint density at radius 1 is 0.953 bits per heavy atom. The molecule has 3 amide bonds. The maximum atomic E-state index is 13.5. The number of amides is 3. The zero-order valence-electron chi connectivity index (χ0n) is 23.4. The molecule has 222 valence electrons. The number of halogens is 1. The zero-order valence-corrected chi connectivity index (χ0v) is 23.4. The molecule has 1 aliphatic heterocycles. The van der Waals surface area contributed by atoms with Gasteiger partial charge in [0.1, 0.15) is 5.82 Å². The van der Waals surface area contributed by atoms with E-state index in [1.807, 2.05) is 11.0 Å². The number of hydrogen-bond acceptors (Lipinski definition) is 7. The second-order valence-electron chi connectivity index (χ2n) is 9.85. The van der Waals surface area contributed by atoms with Crippen LogP contribution in [0.1, 0.15) is 50.7 Å². The highest BCUT2D eigenvalue weighted by atomic mass is 19.1. The van der Waals surface area contributed by atoms with Crippen molar-refractivity contribution in [1.82, 2.24) is 10.2 Å². The second kappa shape index (κ2) is 14.0. The first-order valence-corrected chi connectivity index (χ1v) is 13.5. The predicted octanol–water partition coefficient (Wildman–Crippen LogP) is 4.17. The van der Waals surface area contributed by atoms with Gasteiger partial charge in [-0.1, -0.05) is 12.1 Å². The van der Waals surface area contributed by atoms with Crippen LogP contribution in [0.5, 0.6) is 0 Å². The van der Waals surface area contributed by atoms with Crippen molar-refractivity contribution in [2.45, 2.75) is 18.9 Å². The number of methoxy groups -OCH3 is 1. The van der Waals surface area contributed by atoms with Crippen molar-refractivity contribution in [2.24, 2.45) is 0 Å². The third-order valence-electron chi connectivity index (χ3n) is 7.01. The molecule has 1 saturated heterocycles. The van der Waals surface area contributed by atoms with Crippen molar-refractivity contribution in [3.63, 3.8) is 0 Å². The number of nitrogens with zero attached hydrogens (tertiary/aromatic N) is 3. The first kappa shape index (κ1) is 30.5. The Hall–Kier alpha value is -5.44. The second-order valence-corrected chi connectivity index (χ2v) is 9.85. The smallest absolute Gasteiger partial charge is 0.409 e. The molecule has 1 aliphatic rings. The summed E-state index contributed by atoms with van der Waals surface area (Å²) in [6, 6.07) is 17.1. The number of carbonyl (C=O) groups excluding carboxylic acids is 3. The monoisotopic (exact) mass is 587 g/mol. The summed E-state index contributed by atoms with van der Waals surface area (Å²) in [5.41, 5.74) is 2.21. The summed E-state index contributed by atoms with van der Waals surface area (Å²) >= 11 is 0. The average Bonchev–Trinajstić information content (AvgIpc) is 3.27. The number of aliphatic carboxylic acids is 1. The maximum Gasteiger partial charge on any atom is 0.409 e. The zero-order chi connectivity index (χ0) is 30.9.